The molecule has 1 rings (SSSR count). The largest absolute Gasteiger partial charge is 0.399 e. The zero-order valence-electron chi connectivity index (χ0n) is 9.69. The number of hydrogen-bond donors (Lipinski definition) is 0. The van der Waals surface area contributed by atoms with Crippen molar-refractivity contribution in [3.63, 3.8) is 0 Å². The fraction of sp³-hybridized carbons (Fsp3) is 0.333. The molecule has 0 radical (unpaired) electrons. The molecule has 3 nitrogen and oxygen atoms in total. The number of nitrogens with zero attached hydrogens (tertiary/aromatic N) is 2. The van der Waals surface area contributed by atoms with Crippen LogP contribution < -0.4 is 0 Å². The average Bonchev–Trinajstić information content (AvgIpc) is 2.24. The maximum atomic E-state index is 9.10. The van der Waals surface area contributed by atoms with E-state index in [4.69, 9.17) is 14.9 Å². The highest BCUT2D eigenvalue weighted by atomic mass is 28.4. The van der Waals surface area contributed by atoms with Crippen LogP contribution in [0.15, 0.2) is 24.3 Å². The minimum Gasteiger partial charge on any atom is -0.399 e. The van der Waals surface area contributed by atoms with Gasteiger partial charge in [0.25, 0.3) is 0 Å². The summed E-state index contributed by atoms with van der Waals surface area (Å²) in [7, 11) is -1.79. The minimum absolute atomic E-state index is 0.507. The van der Waals surface area contributed by atoms with E-state index in [1.54, 1.807) is 18.2 Å². The standard InChI is InChI=1S/C12H14N2OSi/c1-16(2,3)15-12(9-14)11-7-5-4-6-10(11)8-13/h4-7,12H,1-3H3. The van der Waals surface area contributed by atoms with Crippen molar-refractivity contribution in [3.8, 4) is 12.1 Å². The molecule has 0 saturated heterocycles. The van der Waals surface area contributed by atoms with E-state index in [1.807, 2.05) is 25.7 Å². The lowest BCUT2D eigenvalue weighted by atomic mass is 10.0. The van der Waals surface area contributed by atoms with Gasteiger partial charge in [-0.2, -0.15) is 10.5 Å². The topological polar surface area (TPSA) is 56.8 Å². The molecule has 1 unspecified atom stereocenters. The highest BCUT2D eigenvalue weighted by Crippen LogP contribution is 2.24. The first-order valence-electron chi connectivity index (χ1n) is 5.04. The molecule has 0 fully saturated rings. The van der Waals surface area contributed by atoms with Crippen LogP contribution in [-0.2, 0) is 4.43 Å². The minimum atomic E-state index is -1.79. The number of hydrogen-bond acceptors (Lipinski definition) is 3. The summed E-state index contributed by atoms with van der Waals surface area (Å²) in [6, 6.07) is 11.3. The van der Waals surface area contributed by atoms with Gasteiger partial charge >= 0.3 is 0 Å². The summed E-state index contributed by atoms with van der Waals surface area (Å²) in [5, 5.41) is 18.1. The Labute approximate surface area is 97.0 Å². The van der Waals surface area contributed by atoms with Gasteiger partial charge < -0.3 is 4.43 Å². The van der Waals surface area contributed by atoms with Crippen molar-refractivity contribution in [3.05, 3.63) is 35.4 Å². The molecule has 0 aliphatic heterocycles. The lowest BCUT2D eigenvalue weighted by Gasteiger charge is -2.22. The van der Waals surface area contributed by atoms with Crippen LogP contribution in [0, 0.1) is 22.7 Å². The summed E-state index contributed by atoms with van der Waals surface area (Å²) < 4.78 is 5.74. The van der Waals surface area contributed by atoms with Crippen LogP contribution in [0.3, 0.4) is 0 Å². The highest BCUT2D eigenvalue weighted by molar-refractivity contribution is 6.69. The van der Waals surface area contributed by atoms with Crippen LogP contribution in [0.2, 0.25) is 19.6 Å². The molecule has 0 N–H and O–H groups in total. The first kappa shape index (κ1) is 12.4. The molecule has 0 amide bonds. The van der Waals surface area contributed by atoms with E-state index in [9.17, 15) is 0 Å². The molecule has 4 heteroatoms. The Balaban J connectivity index is 3.07. The normalized spacial score (nSPS) is 12.6. The van der Waals surface area contributed by atoms with Crippen LogP contribution in [0.5, 0.6) is 0 Å². The molecule has 0 aliphatic carbocycles. The summed E-state index contributed by atoms with van der Waals surface area (Å²) in [6.07, 6.45) is -0.637. The van der Waals surface area contributed by atoms with E-state index in [-0.39, 0.29) is 0 Å². The molecule has 0 heterocycles. The van der Waals surface area contributed by atoms with E-state index in [1.165, 1.54) is 0 Å². The third-order valence-corrected chi connectivity index (χ3v) is 2.90. The molecule has 0 aromatic heterocycles. The maximum Gasteiger partial charge on any atom is 0.186 e. The van der Waals surface area contributed by atoms with Gasteiger partial charge in [-0.3, -0.25) is 0 Å². The van der Waals surface area contributed by atoms with Crippen molar-refractivity contribution in [2.75, 3.05) is 0 Å². The monoisotopic (exact) mass is 230 g/mol. The van der Waals surface area contributed by atoms with E-state index < -0.39 is 14.4 Å². The Bertz CT molecular complexity index is 451. The lowest BCUT2D eigenvalue weighted by Crippen LogP contribution is -2.27. The average molecular weight is 230 g/mol. The number of rotatable bonds is 3. The predicted octanol–water partition coefficient (Wildman–Crippen LogP) is 2.97. The zero-order chi connectivity index (χ0) is 12.2. The summed E-state index contributed by atoms with van der Waals surface area (Å²) in [5.41, 5.74) is 1.17. The summed E-state index contributed by atoms with van der Waals surface area (Å²) >= 11 is 0. The van der Waals surface area contributed by atoms with Crippen molar-refractivity contribution in [1.82, 2.24) is 0 Å². The Morgan fingerprint density at radius 2 is 1.81 bits per heavy atom. The first-order valence-corrected chi connectivity index (χ1v) is 8.45. The van der Waals surface area contributed by atoms with Crippen LogP contribution in [0.25, 0.3) is 0 Å². The van der Waals surface area contributed by atoms with Crippen molar-refractivity contribution in [2.24, 2.45) is 0 Å². The van der Waals surface area contributed by atoms with Crippen LogP contribution >= 0.6 is 0 Å². The third kappa shape index (κ3) is 3.20. The van der Waals surface area contributed by atoms with Gasteiger partial charge in [-0.05, 0) is 25.7 Å². The molecule has 1 aromatic rings. The third-order valence-electron chi connectivity index (χ3n) is 1.95. The summed E-state index contributed by atoms with van der Waals surface area (Å²) in [4.78, 5) is 0. The summed E-state index contributed by atoms with van der Waals surface area (Å²) in [5.74, 6) is 0. The Morgan fingerprint density at radius 1 is 1.19 bits per heavy atom. The zero-order valence-corrected chi connectivity index (χ0v) is 10.7. The van der Waals surface area contributed by atoms with Gasteiger partial charge in [0.15, 0.2) is 14.4 Å². The smallest absolute Gasteiger partial charge is 0.186 e. The van der Waals surface area contributed by atoms with Gasteiger partial charge in [0.1, 0.15) is 0 Å². The van der Waals surface area contributed by atoms with Gasteiger partial charge in [0, 0.05) is 5.56 Å². The van der Waals surface area contributed by atoms with Gasteiger partial charge in [-0.15, -0.1) is 0 Å². The van der Waals surface area contributed by atoms with E-state index in [0.29, 0.717) is 11.1 Å². The highest BCUT2D eigenvalue weighted by Gasteiger charge is 2.23. The molecule has 0 aliphatic rings. The molecular weight excluding hydrogens is 216 g/mol. The second kappa shape index (κ2) is 4.94. The van der Waals surface area contributed by atoms with Crippen molar-refractivity contribution in [1.29, 1.82) is 10.5 Å². The van der Waals surface area contributed by atoms with Crippen LogP contribution in [0.4, 0.5) is 0 Å². The molecule has 82 valence electrons. The molecule has 0 bridgehead atoms. The Hall–Kier alpha value is -1.62. The van der Waals surface area contributed by atoms with Gasteiger partial charge in [-0.1, -0.05) is 18.2 Å². The van der Waals surface area contributed by atoms with Crippen molar-refractivity contribution < 1.29 is 4.43 Å². The maximum absolute atomic E-state index is 9.10. The SMILES string of the molecule is C[Si](C)(C)OC(C#N)c1ccccc1C#N. The van der Waals surface area contributed by atoms with Crippen molar-refractivity contribution in [2.45, 2.75) is 25.7 Å². The second-order valence-electron chi connectivity index (χ2n) is 4.44. The molecule has 1 aromatic carbocycles. The van der Waals surface area contributed by atoms with E-state index >= 15 is 0 Å². The van der Waals surface area contributed by atoms with Crippen molar-refractivity contribution >= 4 is 8.32 Å². The molecular formula is C12H14N2OSi. The predicted molar refractivity (Wildman–Crippen MR) is 63.9 cm³/mol. The number of nitriles is 2. The van der Waals surface area contributed by atoms with Gasteiger partial charge in [-0.25, -0.2) is 0 Å². The van der Waals surface area contributed by atoms with E-state index in [2.05, 4.69) is 12.1 Å². The second-order valence-corrected chi connectivity index (χ2v) is 8.90. The number of benzene rings is 1. The molecule has 0 spiro atoms. The van der Waals surface area contributed by atoms with Gasteiger partial charge in [0.2, 0.25) is 0 Å². The molecule has 1 atom stereocenters. The van der Waals surface area contributed by atoms with Crippen LogP contribution in [-0.4, -0.2) is 8.32 Å². The Morgan fingerprint density at radius 3 is 2.31 bits per heavy atom. The van der Waals surface area contributed by atoms with E-state index in [0.717, 1.165) is 0 Å². The Kier molecular flexibility index (Phi) is 3.84. The van der Waals surface area contributed by atoms with Gasteiger partial charge in [0.05, 0.1) is 17.7 Å². The quantitative estimate of drug-likeness (QED) is 0.750. The fourth-order valence-electron chi connectivity index (χ4n) is 1.34. The molecule has 16 heavy (non-hydrogen) atoms. The first-order chi connectivity index (χ1) is 7.48. The summed E-state index contributed by atoms with van der Waals surface area (Å²) in [6.45, 7) is 6.06. The van der Waals surface area contributed by atoms with Crippen LogP contribution in [0.1, 0.15) is 17.2 Å². The fourth-order valence-corrected chi connectivity index (χ4v) is 2.23. The molecule has 0 saturated carbocycles. The lowest BCUT2D eigenvalue weighted by molar-refractivity contribution is 0.255.